The van der Waals surface area contributed by atoms with Crippen LogP contribution in [0.15, 0.2) is 30.3 Å². The minimum Gasteiger partial charge on any atom is -0.368 e. The molecule has 1 aromatic heterocycles. The largest absolute Gasteiger partial charge is 0.368 e. The molecule has 102 valence electrons. The second kappa shape index (κ2) is 6.10. The van der Waals surface area contributed by atoms with Gasteiger partial charge in [0.15, 0.2) is 0 Å². The van der Waals surface area contributed by atoms with E-state index >= 15 is 0 Å². The van der Waals surface area contributed by atoms with Gasteiger partial charge in [-0.3, -0.25) is 4.57 Å². The summed E-state index contributed by atoms with van der Waals surface area (Å²) in [5.74, 6) is 0.125. The van der Waals surface area contributed by atoms with Crippen molar-refractivity contribution in [3.8, 4) is 0 Å². The maximum absolute atomic E-state index is 10.5. The lowest BCUT2D eigenvalue weighted by Gasteiger charge is -2.00. The maximum atomic E-state index is 10.5. The zero-order chi connectivity index (χ0) is 14.5. The van der Waals surface area contributed by atoms with Gasteiger partial charge in [-0.1, -0.05) is 18.2 Å². The van der Waals surface area contributed by atoms with E-state index < -0.39 is 7.60 Å². The van der Waals surface area contributed by atoms with E-state index in [1.807, 2.05) is 0 Å². The Balaban J connectivity index is 0.000000191. The van der Waals surface area contributed by atoms with Crippen LogP contribution in [0.25, 0.3) is 0 Å². The van der Waals surface area contributed by atoms with Gasteiger partial charge in [0.05, 0.1) is 5.30 Å². The number of hydrogen-bond acceptors (Lipinski definition) is 7. The van der Waals surface area contributed by atoms with Gasteiger partial charge in [-0.05, 0) is 12.1 Å². The molecule has 2 rings (SSSR count). The van der Waals surface area contributed by atoms with Crippen LogP contribution in [0.3, 0.4) is 0 Å². The molecule has 0 bridgehead atoms. The summed E-state index contributed by atoms with van der Waals surface area (Å²) in [6.45, 7) is 0. The van der Waals surface area contributed by atoms with Crippen molar-refractivity contribution in [3.05, 3.63) is 30.3 Å². The standard InChI is InChI=1S/C6H7O3P.C3H6N6/c7-10(8,9)6-4-2-1-3-5-6;4-1-7-2(5)9-3(6)8-1/h1-5H,(H2,7,8,9);(H6,4,5,6,7,8,9). The topological polar surface area (TPSA) is 174 Å². The molecule has 2 aromatic rings. The quantitative estimate of drug-likeness (QED) is 0.416. The lowest BCUT2D eigenvalue weighted by Crippen LogP contribution is -2.05. The zero-order valence-electron chi connectivity index (χ0n) is 9.71. The molecule has 10 heteroatoms. The summed E-state index contributed by atoms with van der Waals surface area (Å²) in [5.41, 5.74) is 15.4. The predicted octanol–water partition coefficient (Wildman–Crippen LogP) is -0.892. The van der Waals surface area contributed by atoms with E-state index in [1.165, 1.54) is 12.1 Å². The Bertz CT molecular complexity index is 537. The molecule has 1 aromatic carbocycles. The summed E-state index contributed by atoms with van der Waals surface area (Å²) in [7, 11) is -4.02. The summed E-state index contributed by atoms with van der Waals surface area (Å²) in [4.78, 5) is 27.7. The van der Waals surface area contributed by atoms with Crippen LogP contribution in [-0.2, 0) is 4.57 Å². The van der Waals surface area contributed by atoms with E-state index in [4.69, 9.17) is 27.0 Å². The van der Waals surface area contributed by atoms with E-state index in [9.17, 15) is 4.57 Å². The van der Waals surface area contributed by atoms with Gasteiger partial charge >= 0.3 is 7.60 Å². The molecule has 0 saturated carbocycles. The number of hydrogen-bond donors (Lipinski definition) is 5. The third-order valence-corrected chi connectivity index (χ3v) is 2.75. The minimum atomic E-state index is -4.02. The highest BCUT2D eigenvalue weighted by molar-refractivity contribution is 7.60. The van der Waals surface area contributed by atoms with E-state index in [-0.39, 0.29) is 23.1 Å². The Hall–Kier alpha value is -2.22. The van der Waals surface area contributed by atoms with Crippen molar-refractivity contribution in [2.75, 3.05) is 17.2 Å². The van der Waals surface area contributed by atoms with Crippen LogP contribution in [0, 0.1) is 0 Å². The lowest BCUT2D eigenvalue weighted by atomic mass is 10.4. The minimum absolute atomic E-state index is 0.0417. The number of anilines is 3. The van der Waals surface area contributed by atoms with Gasteiger partial charge < -0.3 is 27.0 Å². The van der Waals surface area contributed by atoms with Crippen molar-refractivity contribution in [2.24, 2.45) is 0 Å². The van der Waals surface area contributed by atoms with Gasteiger partial charge in [-0.2, -0.15) is 15.0 Å². The SMILES string of the molecule is Nc1nc(N)nc(N)n1.O=P(O)(O)c1ccccc1. The van der Waals surface area contributed by atoms with Crippen molar-refractivity contribution in [1.29, 1.82) is 0 Å². The van der Waals surface area contributed by atoms with Gasteiger partial charge in [0.25, 0.3) is 0 Å². The van der Waals surface area contributed by atoms with Gasteiger partial charge in [0.1, 0.15) is 0 Å². The molecule has 0 atom stereocenters. The van der Waals surface area contributed by atoms with E-state index in [1.54, 1.807) is 18.2 Å². The fraction of sp³-hybridized carbons (Fsp3) is 0. The summed E-state index contributed by atoms with van der Waals surface area (Å²) in [5, 5.41) is 0.0648. The molecule has 0 spiro atoms. The van der Waals surface area contributed by atoms with E-state index in [2.05, 4.69) is 15.0 Å². The Labute approximate surface area is 108 Å². The molecule has 0 aliphatic rings. The molecule has 0 amide bonds. The average molecular weight is 284 g/mol. The molecular formula is C9H13N6O3P. The third-order valence-electron chi connectivity index (χ3n) is 1.78. The second-order valence-electron chi connectivity index (χ2n) is 3.29. The van der Waals surface area contributed by atoms with Crippen molar-refractivity contribution in [1.82, 2.24) is 15.0 Å². The van der Waals surface area contributed by atoms with Crippen molar-refractivity contribution < 1.29 is 14.4 Å². The molecule has 9 nitrogen and oxygen atoms in total. The van der Waals surface area contributed by atoms with Crippen LogP contribution >= 0.6 is 7.60 Å². The zero-order valence-corrected chi connectivity index (χ0v) is 10.6. The summed E-state index contributed by atoms with van der Waals surface area (Å²) >= 11 is 0. The van der Waals surface area contributed by atoms with Crippen molar-refractivity contribution >= 4 is 30.7 Å². The molecule has 0 radical (unpaired) electrons. The van der Waals surface area contributed by atoms with Gasteiger partial charge in [0, 0.05) is 0 Å². The number of nitrogens with two attached hydrogens (primary N) is 3. The second-order valence-corrected chi connectivity index (χ2v) is 4.89. The van der Waals surface area contributed by atoms with Gasteiger partial charge in [0.2, 0.25) is 17.8 Å². The smallest absolute Gasteiger partial charge is 0.356 e. The molecule has 0 aliphatic heterocycles. The highest BCUT2D eigenvalue weighted by Gasteiger charge is 2.14. The van der Waals surface area contributed by atoms with Crippen LogP contribution < -0.4 is 22.5 Å². The van der Waals surface area contributed by atoms with Crippen molar-refractivity contribution in [2.45, 2.75) is 0 Å². The number of benzene rings is 1. The molecule has 1 heterocycles. The lowest BCUT2D eigenvalue weighted by molar-refractivity contribution is 0.387. The van der Waals surface area contributed by atoms with Crippen LogP contribution in [-0.4, -0.2) is 24.7 Å². The molecule has 0 aliphatic carbocycles. The Morgan fingerprint density at radius 1 is 0.842 bits per heavy atom. The van der Waals surface area contributed by atoms with Gasteiger partial charge in [-0.25, -0.2) is 0 Å². The summed E-state index contributed by atoms with van der Waals surface area (Å²) < 4.78 is 10.5. The Morgan fingerprint density at radius 3 is 1.47 bits per heavy atom. The monoisotopic (exact) mass is 284 g/mol. The first-order valence-electron chi connectivity index (χ1n) is 4.92. The van der Waals surface area contributed by atoms with E-state index in [0.717, 1.165) is 0 Å². The molecule has 0 saturated heterocycles. The molecule has 19 heavy (non-hydrogen) atoms. The number of rotatable bonds is 1. The number of nitrogens with zero attached hydrogens (tertiary/aromatic N) is 3. The average Bonchev–Trinajstić information content (AvgIpc) is 2.28. The van der Waals surface area contributed by atoms with E-state index in [0.29, 0.717) is 0 Å². The summed E-state index contributed by atoms with van der Waals surface area (Å²) in [6, 6.07) is 7.70. The summed E-state index contributed by atoms with van der Waals surface area (Å²) in [6.07, 6.45) is 0. The first-order valence-corrected chi connectivity index (χ1v) is 6.54. The number of aromatic nitrogens is 3. The van der Waals surface area contributed by atoms with Crippen LogP contribution in [0.1, 0.15) is 0 Å². The fourth-order valence-corrected chi connectivity index (χ4v) is 1.61. The normalized spacial score (nSPS) is 10.4. The number of nitrogen functional groups attached to an aromatic ring is 3. The first kappa shape index (κ1) is 14.8. The highest BCUT2D eigenvalue weighted by Crippen LogP contribution is 2.32. The molecule has 0 unspecified atom stereocenters. The predicted molar refractivity (Wildman–Crippen MR) is 71.2 cm³/mol. The fourth-order valence-electron chi connectivity index (χ4n) is 1.05. The van der Waals surface area contributed by atoms with Crippen LogP contribution in [0.2, 0.25) is 0 Å². The first-order chi connectivity index (χ1) is 8.79. The molecular weight excluding hydrogens is 271 g/mol. The third kappa shape index (κ3) is 5.30. The Kier molecular flexibility index (Phi) is 4.76. The van der Waals surface area contributed by atoms with Crippen LogP contribution in [0.5, 0.6) is 0 Å². The molecule has 8 N–H and O–H groups in total. The maximum Gasteiger partial charge on any atom is 0.356 e. The van der Waals surface area contributed by atoms with Crippen molar-refractivity contribution in [3.63, 3.8) is 0 Å². The van der Waals surface area contributed by atoms with Crippen LogP contribution in [0.4, 0.5) is 17.8 Å². The molecule has 0 fully saturated rings. The Morgan fingerprint density at radius 2 is 1.21 bits per heavy atom. The highest BCUT2D eigenvalue weighted by atomic mass is 31.2. The van der Waals surface area contributed by atoms with Gasteiger partial charge in [-0.15, -0.1) is 0 Å².